The number of rotatable bonds is 9. The lowest BCUT2D eigenvalue weighted by atomic mass is 10.1. The van der Waals surface area contributed by atoms with Gasteiger partial charge in [0.2, 0.25) is 5.91 Å². The number of halogens is 1. The molecule has 5 heteroatoms. The van der Waals surface area contributed by atoms with E-state index < -0.39 is 0 Å². The minimum atomic E-state index is 0.0603. The number of para-hydroxylation sites is 2. The number of nitrogens with one attached hydrogen (secondary N) is 1. The van der Waals surface area contributed by atoms with Gasteiger partial charge in [-0.1, -0.05) is 42.3 Å². The number of benzene rings is 2. The Balaban J connectivity index is 1.37. The van der Waals surface area contributed by atoms with Crippen molar-refractivity contribution >= 4 is 28.5 Å². The van der Waals surface area contributed by atoms with Gasteiger partial charge in [0, 0.05) is 24.5 Å². The van der Waals surface area contributed by atoms with E-state index in [0.717, 1.165) is 55.7 Å². The Bertz CT molecular complexity index is 886. The van der Waals surface area contributed by atoms with E-state index in [1.54, 1.807) is 0 Å². The Kier molecular flexibility index (Phi) is 6.88. The molecule has 0 aliphatic rings. The highest BCUT2D eigenvalue weighted by molar-refractivity contribution is 6.30. The van der Waals surface area contributed by atoms with Crippen LogP contribution in [0.2, 0.25) is 5.02 Å². The number of nitrogens with zero attached hydrogens (tertiary/aromatic N) is 2. The lowest BCUT2D eigenvalue weighted by molar-refractivity contribution is -0.120. The molecule has 0 bridgehead atoms. The zero-order valence-corrected chi connectivity index (χ0v) is 16.5. The van der Waals surface area contributed by atoms with E-state index in [-0.39, 0.29) is 5.91 Å². The molecule has 0 fully saturated rings. The van der Waals surface area contributed by atoms with E-state index in [0.29, 0.717) is 11.4 Å². The predicted molar refractivity (Wildman–Crippen MR) is 111 cm³/mol. The van der Waals surface area contributed by atoms with Gasteiger partial charge < -0.3 is 9.88 Å². The van der Waals surface area contributed by atoms with Crippen LogP contribution >= 0.6 is 11.6 Å². The maximum atomic E-state index is 12.0. The van der Waals surface area contributed by atoms with Crippen molar-refractivity contribution in [1.82, 2.24) is 14.9 Å². The van der Waals surface area contributed by atoms with Gasteiger partial charge in [0.25, 0.3) is 0 Å². The van der Waals surface area contributed by atoms with Crippen LogP contribution in [-0.2, 0) is 24.2 Å². The van der Waals surface area contributed by atoms with E-state index in [2.05, 4.69) is 35.0 Å². The summed E-state index contributed by atoms with van der Waals surface area (Å²) in [5, 5.41) is 3.69. The summed E-state index contributed by atoms with van der Waals surface area (Å²) in [4.78, 5) is 16.7. The first-order valence-corrected chi connectivity index (χ1v) is 10.0. The van der Waals surface area contributed by atoms with Gasteiger partial charge in [-0.15, -0.1) is 0 Å². The van der Waals surface area contributed by atoms with E-state index in [4.69, 9.17) is 16.6 Å². The number of hydrogen-bond acceptors (Lipinski definition) is 2. The summed E-state index contributed by atoms with van der Waals surface area (Å²) in [5.74, 6) is 1.22. The Hall–Kier alpha value is -2.33. The van der Waals surface area contributed by atoms with Crippen LogP contribution in [-0.4, -0.2) is 22.0 Å². The minimum absolute atomic E-state index is 0.0603. The van der Waals surface area contributed by atoms with Crippen LogP contribution in [0, 0.1) is 0 Å². The van der Waals surface area contributed by atoms with Crippen LogP contribution in [0.15, 0.2) is 48.5 Å². The molecule has 4 nitrogen and oxygen atoms in total. The predicted octanol–water partition coefficient (Wildman–Crippen LogP) is 4.78. The van der Waals surface area contributed by atoms with Gasteiger partial charge in [-0.05, 0) is 49.6 Å². The van der Waals surface area contributed by atoms with E-state index in [1.165, 1.54) is 5.52 Å². The van der Waals surface area contributed by atoms with Crippen LogP contribution in [0.3, 0.4) is 0 Å². The summed E-state index contributed by atoms with van der Waals surface area (Å²) in [7, 11) is 0. The summed E-state index contributed by atoms with van der Waals surface area (Å²) in [6, 6.07) is 15.7. The van der Waals surface area contributed by atoms with Crippen molar-refractivity contribution in [2.45, 2.75) is 45.6 Å². The second-order valence-corrected chi connectivity index (χ2v) is 7.16. The fraction of sp³-hybridized carbons (Fsp3) is 0.364. The third kappa shape index (κ3) is 5.33. The van der Waals surface area contributed by atoms with Gasteiger partial charge in [-0.2, -0.15) is 0 Å². The first kappa shape index (κ1) is 19.4. The van der Waals surface area contributed by atoms with Gasteiger partial charge in [0.05, 0.1) is 17.5 Å². The van der Waals surface area contributed by atoms with Crippen molar-refractivity contribution in [2.75, 3.05) is 6.54 Å². The fourth-order valence-corrected chi connectivity index (χ4v) is 3.46. The lowest BCUT2D eigenvalue weighted by Crippen LogP contribution is -2.26. The highest BCUT2D eigenvalue weighted by atomic mass is 35.5. The zero-order valence-electron chi connectivity index (χ0n) is 15.7. The van der Waals surface area contributed by atoms with Crippen LogP contribution in [0.4, 0.5) is 0 Å². The Morgan fingerprint density at radius 3 is 2.63 bits per heavy atom. The summed E-state index contributed by atoms with van der Waals surface area (Å²) >= 11 is 5.86. The molecule has 0 unspecified atom stereocenters. The molecule has 0 atom stereocenters. The molecular weight excluding hydrogens is 358 g/mol. The molecule has 0 saturated heterocycles. The quantitative estimate of drug-likeness (QED) is 0.540. The van der Waals surface area contributed by atoms with E-state index in [1.807, 2.05) is 30.3 Å². The Morgan fingerprint density at radius 1 is 1.07 bits per heavy atom. The van der Waals surface area contributed by atoms with Crippen LogP contribution < -0.4 is 5.32 Å². The SMILES string of the molecule is CCn1c(CCCCCNC(=O)Cc2ccc(Cl)cc2)nc2ccccc21. The zero-order chi connectivity index (χ0) is 19.1. The largest absolute Gasteiger partial charge is 0.356 e. The summed E-state index contributed by atoms with van der Waals surface area (Å²) in [6.45, 7) is 3.82. The van der Waals surface area contributed by atoms with Crippen molar-refractivity contribution in [2.24, 2.45) is 0 Å². The molecule has 1 aromatic heterocycles. The Labute approximate surface area is 165 Å². The number of carbonyl (C=O) groups excluding carboxylic acids is 1. The number of unbranched alkanes of at least 4 members (excludes halogenated alkanes) is 2. The van der Waals surface area contributed by atoms with E-state index in [9.17, 15) is 4.79 Å². The van der Waals surface area contributed by atoms with Crippen molar-refractivity contribution in [3.05, 3.63) is 64.9 Å². The lowest BCUT2D eigenvalue weighted by Gasteiger charge is -2.07. The molecule has 0 saturated carbocycles. The molecule has 1 heterocycles. The third-order valence-corrected chi connectivity index (χ3v) is 4.98. The van der Waals surface area contributed by atoms with Gasteiger partial charge in [-0.25, -0.2) is 4.98 Å². The molecule has 2 aromatic carbocycles. The monoisotopic (exact) mass is 383 g/mol. The third-order valence-electron chi connectivity index (χ3n) is 4.73. The van der Waals surface area contributed by atoms with Crippen LogP contribution in [0.5, 0.6) is 0 Å². The molecule has 1 N–H and O–H groups in total. The van der Waals surface area contributed by atoms with Gasteiger partial charge >= 0.3 is 0 Å². The number of imidazole rings is 1. The fourth-order valence-electron chi connectivity index (χ4n) is 3.33. The number of hydrogen-bond donors (Lipinski definition) is 1. The molecular formula is C22H26ClN3O. The average Bonchev–Trinajstić information content (AvgIpc) is 3.03. The molecule has 0 radical (unpaired) electrons. The van der Waals surface area contributed by atoms with Crippen molar-refractivity contribution < 1.29 is 4.79 Å². The molecule has 0 aliphatic carbocycles. The number of aryl methyl sites for hydroxylation is 2. The second-order valence-electron chi connectivity index (χ2n) is 6.72. The van der Waals surface area contributed by atoms with Crippen molar-refractivity contribution in [3.8, 4) is 0 Å². The molecule has 3 rings (SSSR count). The maximum absolute atomic E-state index is 12.0. The standard InChI is InChI=1S/C22H26ClN3O/c1-2-26-20-9-6-5-8-19(20)25-21(26)10-4-3-7-15-24-22(27)16-17-11-13-18(23)14-12-17/h5-6,8-9,11-14H,2-4,7,10,15-16H2,1H3,(H,24,27). The normalized spacial score (nSPS) is 11.0. The topological polar surface area (TPSA) is 46.9 Å². The van der Waals surface area contributed by atoms with Crippen molar-refractivity contribution in [3.63, 3.8) is 0 Å². The summed E-state index contributed by atoms with van der Waals surface area (Å²) in [6.07, 6.45) is 4.52. The molecule has 1 amide bonds. The Morgan fingerprint density at radius 2 is 1.85 bits per heavy atom. The molecule has 0 spiro atoms. The van der Waals surface area contributed by atoms with Crippen LogP contribution in [0.1, 0.15) is 37.6 Å². The first-order chi connectivity index (χ1) is 13.2. The van der Waals surface area contributed by atoms with Gasteiger partial charge in [-0.3, -0.25) is 4.79 Å². The summed E-state index contributed by atoms with van der Waals surface area (Å²) < 4.78 is 2.29. The average molecular weight is 384 g/mol. The highest BCUT2D eigenvalue weighted by Gasteiger charge is 2.08. The smallest absolute Gasteiger partial charge is 0.224 e. The maximum Gasteiger partial charge on any atom is 0.224 e. The van der Waals surface area contributed by atoms with Crippen molar-refractivity contribution in [1.29, 1.82) is 0 Å². The van der Waals surface area contributed by atoms with Gasteiger partial charge in [0.15, 0.2) is 0 Å². The highest BCUT2D eigenvalue weighted by Crippen LogP contribution is 2.17. The molecule has 0 aliphatic heterocycles. The molecule has 142 valence electrons. The van der Waals surface area contributed by atoms with E-state index >= 15 is 0 Å². The molecule has 3 aromatic rings. The number of amides is 1. The minimum Gasteiger partial charge on any atom is -0.356 e. The number of fused-ring (bicyclic) bond motifs is 1. The van der Waals surface area contributed by atoms with Gasteiger partial charge in [0.1, 0.15) is 5.82 Å². The summed E-state index contributed by atoms with van der Waals surface area (Å²) in [5.41, 5.74) is 3.27. The number of carbonyl (C=O) groups is 1. The van der Waals surface area contributed by atoms with Crippen LogP contribution in [0.25, 0.3) is 11.0 Å². The molecule has 27 heavy (non-hydrogen) atoms. The first-order valence-electron chi connectivity index (χ1n) is 9.62. The second kappa shape index (κ2) is 9.56. The number of aromatic nitrogens is 2.